The molecular formula is C32H28ClN5O4. The first kappa shape index (κ1) is 27.2. The maximum Gasteiger partial charge on any atom is 0.255 e. The fourth-order valence-corrected chi connectivity index (χ4v) is 5.40. The summed E-state index contributed by atoms with van der Waals surface area (Å²) in [6.45, 7) is 2.27. The Morgan fingerprint density at radius 2 is 1.76 bits per heavy atom. The van der Waals surface area contributed by atoms with E-state index in [-0.39, 0.29) is 5.91 Å². The van der Waals surface area contributed by atoms with Gasteiger partial charge in [-0.1, -0.05) is 66.2 Å². The lowest BCUT2D eigenvalue weighted by Gasteiger charge is -2.29. The van der Waals surface area contributed by atoms with Crippen LogP contribution in [0.15, 0.2) is 96.5 Å². The van der Waals surface area contributed by atoms with E-state index in [0.29, 0.717) is 51.8 Å². The molecule has 1 aromatic heterocycles. The summed E-state index contributed by atoms with van der Waals surface area (Å²) < 4.78 is 18.6. The Labute approximate surface area is 247 Å². The second-order valence-electron chi connectivity index (χ2n) is 9.73. The van der Waals surface area contributed by atoms with Crippen molar-refractivity contribution >= 4 is 39.9 Å². The van der Waals surface area contributed by atoms with E-state index in [1.807, 2.05) is 49.4 Å². The third-order valence-corrected chi connectivity index (χ3v) is 7.53. The van der Waals surface area contributed by atoms with Crippen LogP contribution in [0.2, 0.25) is 5.02 Å². The smallest absolute Gasteiger partial charge is 0.255 e. The fourth-order valence-electron chi connectivity index (χ4n) is 5.17. The summed E-state index contributed by atoms with van der Waals surface area (Å²) in [4.78, 5) is 18.2. The Balaban J connectivity index is 1.28. The molecule has 0 fully saturated rings. The topological polar surface area (TPSA) is 99.5 Å². The van der Waals surface area contributed by atoms with Crippen molar-refractivity contribution in [2.24, 2.45) is 0 Å². The van der Waals surface area contributed by atoms with Crippen molar-refractivity contribution in [3.8, 4) is 17.2 Å². The van der Waals surface area contributed by atoms with Gasteiger partial charge >= 0.3 is 0 Å². The molecule has 0 spiro atoms. The molecule has 10 heteroatoms. The maximum absolute atomic E-state index is 13.9. The first-order valence-electron chi connectivity index (χ1n) is 13.3. The average molecular weight is 582 g/mol. The van der Waals surface area contributed by atoms with Crippen LogP contribution in [0.1, 0.15) is 24.1 Å². The predicted molar refractivity (Wildman–Crippen MR) is 162 cm³/mol. The monoisotopic (exact) mass is 581 g/mol. The van der Waals surface area contributed by atoms with Crippen molar-refractivity contribution in [3.63, 3.8) is 0 Å². The van der Waals surface area contributed by atoms with Crippen LogP contribution in [-0.4, -0.2) is 34.9 Å². The molecule has 6 rings (SSSR count). The van der Waals surface area contributed by atoms with Crippen molar-refractivity contribution in [1.82, 2.24) is 14.8 Å². The highest BCUT2D eigenvalue weighted by Gasteiger charge is 2.34. The van der Waals surface area contributed by atoms with E-state index in [1.165, 1.54) is 25.9 Å². The second-order valence-corrected chi connectivity index (χ2v) is 10.1. The van der Waals surface area contributed by atoms with E-state index in [2.05, 4.69) is 45.0 Å². The number of fused-ring (bicyclic) bond motifs is 2. The number of nitrogens with zero attached hydrogens (tertiary/aromatic N) is 3. The average Bonchev–Trinajstić information content (AvgIpc) is 3.48. The molecule has 5 aromatic rings. The van der Waals surface area contributed by atoms with Gasteiger partial charge in [0.15, 0.2) is 0 Å². The van der Waals surface area contributed by atoms with E-state index in [1.54, 1.807) is 16.8 Å². The zero-order valence-electron chi connectivity index (χ0n) is 23.2. The minimum atomic E-state index is -0.545. The molecule has 2 heterocycles. The Kier molecular flexibility index (Phi) is 7.41. The third kappa shape index (κ3) is 5.10. The summed E-state index contributed by atoms with van der Waals surface area (Å²) in [5.74, 6) is 1.72. The first-order valence-corrected chi connectivity index (χ1v) is 13.6. The Morgan fingerprint density at radius 1 is 1.00 bits per heavy atom. The molecule has 0 saturated carbocycles. The zero-order valence-corrected chi connectivity index (χ0v) is 24.0. The van der Waals surface area contributed by atoms with E-state index < -0.39 is 6.04 Å². The largest absolute Gasteiger partial charge is 0.495 e. The number of aromatic nitrogens is 3. The molecule has 1 amide bonds. The zero-order chi connectivity index (χ0) is 29.2. The molecule has 2 N–H and O–H groups in total. The molecule has 212 valence electrons. The van der Waals surface area contributed by atoms with Gasteiger partial charge in [-0.25, -0.2) is 4.68 Å². The Hall–Kier alpha value is -5.02. The number of carbonyl (C=O) groups excluding carboxylic acids is 1. The Bertz CT molecular complexity index is 1810. The summed E-state index contributed by atoms with van der Waals surface area (Å²) in [7, 11) is 3.02. The van der Waals surface area contributed by atoms with Crippen LogP contribution in [0.3, 0.4) is 0 Å². The quantitative estimate of drug-likeness (QED) is 0.213. The summed E-state index contributed by atoms with van der Waals surface area (Å²) >= 11 is 6.27. The normalized spacial score (nSPS) is 14.2. The van der Waals surface area contributed by atoms with E-state index in [0.717, 1.165) is 16.5 Å². The predicted octanol–water partition coefficient (Wildman–Crippen LogP) is 6.61. The number of anilines is 2. The molecular weight excluding hydrogens is 554 g/mol. The summed E-state index contributed by atoms with van der Waals surface area (Å²) in [6, 6.07) is 24.8. The van der Waals surface area contributed by atoms with Crippen molar-refractivity contribution in [2.45, 2.75) is 19.6 Å². The number of carbonyl (C=O) groups is 1. The SMILES string of the molecule is COc1cc(NC(=O)C2=C(C)Nc3ncnn3[C@@H]2c2ccc(OCc3cccc4ccccc34)cc2)c(OC)cc1Cl. The van der Waals surface area contributed by atoms with Gasteiger partial charge in [0.1, 0.15) is 36.2 Å². The van der Waals surface area contributed by atoms with Gasteiger partial charge in [-0.15, -0.1) is 0 Å². The van der Waals surface area contributed by atoms with E-state index >= 15 is 0 Å². The highest BCUT2D eigenvalue weighted by Crippen LogP contribution is 2.39. The molecule has 1 aliphatic heterocycles. The number of benzene rings is 4. The van der Waals surface area contributed by atoms with Gasteiger partial charge in [-0.3, -0.25) is 4.79 Å². The lowest BCUT2D eigenvalue weighted by molar-refractivity contribution is -0.113. The summed E-state index contributed by atoms with van der Waals surface area (Å²) in [5, 5.41) is 13.3. The number of amides is 1. The standard InChI is InChI=1S/C32H28ClN5O4/c1-19-29(31(39)37-26-16-27(40-2)25(33)15-28(26)41-3)30(38-32(36-19)34-18-35-38)21-11-13-23(14-12-21)42-17-22-9-6-8-20-7-4-5-10-24(20)22/h4-16,18,30H,17H2,1-3H3,(H,37,39)(H,34,35,36)/t30-/m1/s1. The number of ether oxygens (including phenoxy) is 3. The number of methoxy groups -OCH3 is 2. The third-order valence-electron chi connectivity index (χ3n) is 7.23. The lowest BCUT2D eigenvalue weighted by Crippen LogP contribution is -2.31. The molecule has 1 aliphatic rings. The van der Waals surface area contributed by atoms with Gasteiger partial charge in [0.25, 0.3) is 5.91 Å². The van der Waals surface area contributed by atoms with E-state index in [9.17, 15) is 4.79 Å². The van der Waals surface area contributed by atoms with Crippen LogP contribution in [0.25, 0.3) is 10.8 Å². The van der Waals surface area contributed by atoms with Crippen LogP contribution in [0.5, 0.6) is 17.2 Å². The van der Waals surface area contributed by atoms with Gasteiger partial charge in [-0.2, -0.15) is 10.1 Å². The summed E-state index contributed by atoms with van der Waals surface area (Å²) in [5.41, 5.74) is 3.48. The van der Waals surface area contributed by atoms with Gasteiger partial charge in [-0.05, 0) is 41.0 Å². The van der Waals surface area contributed by atoms with Crippen LogP contribution < -0.4 is 24.8 Å². The van der Waals surface area contributed by atoms with Crippen LogP contribution in [0.4, 0.5) is 11.6 Å². The van der Waals surface area contributed by atoms with Crippen LogP contribution >= 0.6 is 11.6 Å². The van der Waals surface area contributed by atoms with Gasteiger partial charge in [0, 0.05) is 17.8 Å². The van der Waals surface area contributed by atoms with Crippen molar-refractivity contribution < 1.29 is 19.0 Å². The number of hydrogen-bond donors (Lipinski definition) is 2. The van der Waals surface area contributed by atoms with Crippen molar-refractivity contribution in [2.75, 3.05) is 24.9 Å². The highest BCUT2D eigenvalue weighted by molar-refractivity contribution is 6.32. The number of allylic oxidation sites excluding steroid dienone is 1. The highest BCUT2D eigenvalue weighted by atomic mass is 35.5. The van der Waals surface area contributed by atoms with Gasteiger partial charge in [0.05, 0.1) is 30.5 Å². The molecule has 0 unspecified atom stereocenters. The first-order chi connectivity index (χ1) is 20.5. The number of hydrogen-bond acceptors (Lipinski definition) is 7. The number of halogens is 1. The minimum absolute atomic E-state index is 0.342. The fraction of sp³-hybridized carbons (Fsp3) is 0.156. The number of rotatable bonds is 8. The van der Waals surface area contributed by atoms with Gasteiger partial charge in [0.2, 0.25) is 5.95 Å². The lowest BCUT2D eigenvalue weighted by atomic mass is 9.95. The maximum atomic E-state index is 13.9. The van der Waals surface area contributed by atoms with E-state index in [4.69, 9.17) is 25.8 Å². The van der Waals surface area contributed by atoms with Crippen molar-refractivity contribution in [1.29, 1.82) is 0 Å². The second kappa shape index (κ2) is 11.5. The van der Waals surface area contributed by atoms with Crippen LogP contribution in [-0.2, 0) is 11.4 Å². The van der Waals surface area contributed by atoms with Gasteiger partial charge < -0.3 is 24.8 Å². The molecule has 0 bridgehead atoms. The van der Waals surface area contributed by atoms with Crippen LogP contribution in [0, 0.1) is 0 Å². The molecule has 42 heavy (non-hydrogen) atoms. The molecule has 4 aromatic carbocycles. The molecule has 0 aliphatic carbocycles. The van der Waals surface area contributed by atoms with Crippen molar-refractivity contribution in [3.05, 3.63) is 113 Å². The summed E-state index contributed by atoms with van der Waals surface area (Å²) in [6.07, 6.45) is 1.46. The molecule has 0 radical (unpaired) electrons. The Morgan fingerprint density at radius 3 is 2.55 bits per heavy atom. The molecule has 0 saturated heterocycles. The molecule has 1 atom stereocenters. The molecule has 9 nitrogen and oxygen atoms in total. The number of nitrogens with one attached hydrogen (secondary N) is 2. The minimum Gasteiger partial charge on any atom is -0.495 e.